The summed E-state index contributed by atoms with van der Waals surface area (Å²) in [5, 5.41) is 20.8. The number of carbonyl (C=O) groups is 2. The van der Waals surface area contributed by atoms with Crippen molar-refractivity contribution in [1.82, 2.24) is 5.32 Å². The van der Waals surface area contributed by atoms with Crippen LogP contribution in [-0.4, -0.2) is 22.1 Å². The molecular weight excluding hydrogens is 358 g/mol. The Hall–Kier alpha value is -1.08. The van der Waals surface area contributed by atoms with Gasteiger partial charge >= 0.3 is 5.97 Å². The van der Waals surface area contributed by atoms with Gasteiger partial charge in [0.15, 0.2) is 6.04 Å². The van der Waals surface area contributed by atoms with Crippen LogP contribution < -0.4 is 5.32 Å². The summed E-state index contributed by atoms with van der Waals surface area (Å²) in [4.78, 5) is 22.0. The standard InChI is InChI=1S/C10H9Br2NO4/c1-4(14)13-8(10(16)17)5-2-6(11)9(15)7(12)3-5/h2-3,8,15H,1H3,(H,13,14)(H,16,17)/t8-/m1/s1. The molecule has 0 bridgehead atoms. The van der Waals surface area contributed by atoms with Gasteiger partial charge in [-0.3, -0.25) is 4.79 Å². The average Bonchev–Trinajstić information content (AvgIpc) is 2.21. The molecule has 3 N–H and O–H groups in total. The highest BCUT2D eigenvalue weighted by atomic mass is 79.9. The van der Waals surface area contributed by atoms with Crippen molar-refractivity contribution >= 4 is 43.7 Å². The second kappa shape index (κ2) is 5.50. The van der Waals surface area contributed by atoms with E-state index in [1.54, 1.807) is 0 Å². The predicted octanol–water partition coefficient (Wildman–Crippen LogP) is 2.18. The Morgan fingerprint density at radius 2 is 1.76 bits per heavy atom. The van der Waals surface area contributed by atoms with Crippen LogP contribution in [0.2, 0.25) is 0 Å². The summed E-state index contributed by atoms with van der Waals surface area (Å²) >= 11 is 6.19. The summed E-state index contributed by atoms with van der Waals surface area (Å²) in [5.41, 5.74) is 0.351. The zero-order chi connectivity index (χ0) is 13.2. The Morgan fingerprint density at radius 1 is 1.29 bits per heavy atom. The fraction of sp³-hybridized carbons (Fsp3) is 0.200. The third-order valence-corrected chi connectivity index (χ3v) is 3.18. The number of carbonyl (C=O) groups excluding carboxylic acids is 1. The lowest BCUT2D eigenvalue weighted by Crippen LogP contribution is -2.31. The summed E-state index contributed by atoms with van der Waals surface area (Å²) in [6.07, 6.45) is 0. The van der Waals surface area contributed by atoms with Gasteiger partial charge in [-0.25, -0.2) is 4.79 Å². The molecule has 1 atom stereocenters. The third-order valence-electron chi connectivity index (χ3n) is 1.97. The molecule has 0 saturated carbocycles. The maximum atomic E-state index is 11.0. The largest absolute Gasteiger partial charge is 0.506 e. The first kappa shape index (κ1) is 14.0. The highest BCUT2D eigenvalue weighted by molar-refractivity contribution is 9.11. The minimum Gasteiger partial charge on any atom is -0.506 e. The number of phenolic OH excluding ortho intramolecular Hbond substituents is 1. The summed E-state index contributed by atoms with van der Waals surface area (Å²) < 4.78 is 0.692. The molecule has 5 nitrogen and oxygen atoms in total. The van der Waals surface area contributed by atoms with E-state index in [9.17, 15) is 14.7 Å². The number of benzene rings is 1. The highest BCUT2D eigenvalue weighted by Crippen LogP contribution is 2.35. The predicted molar refractivity (Wildman–Crippen MR) is 67.7 cm³/mol. The van der Waals surface area contributed by atoms with Gasteiger partial charge in [0.05, 0.1) is 8.95 Å². The SMILES string of the molecule is CC(=O)N[C@@H](C(=O)O)c1cc(Br)c(O)c(Br)c1. The van der Waals surface area contributed by atoms with E-state index in [2.05, 4.69) is 37.2 Å². The molecule has 0 saturated heterocycles. The minimum atomic E-state index is -1.18. The van der Waals surface area contributed by atoms with Crippen molar-refractivity contribution in [2.45, 2.75) is 13.0 Å². The molecular formula is C10H9Br2NO4. The van der Waals surface area contributed by atoms with E-state index in [1.165, 1.54) is 19.1 Å². The molecule has 0 unspecified atom stereocenters. The zero-order valence-electron chi connectivity index (χ0n) is 8.70. The van der Waals surface area contributed by atoms with Crippen LogP contribution in [0.3, 0.4) is 0 Å². The van der Waals surface area contributed by atoms with Gasteiger partial charge in [0.2, 0.25) is 5.91 Å². The maximum absolute atomic E-state index is 11.0. The lowest BCUT2D eigenvalue weighted by Gasteiger charge is -2.15. The van der Waals surface area contributed by atoms with E-state index in [1.807, 2.05) is 0 Å². The van der Waals surface area contributed by atoms with Crippen molar-refractivity contribution in [3.63, 3.8) is 0 Å². The minimum absolute atomic E-state index is 0.0271. The van der Waals surface area contributed by atoms with Crippen molar-refractivity contribution in [2.24, 2.45) is 0 Å². The molecule has 0 radical (unpaired) electrons. The van der Waals surface area contributed by atoms with Gasteiger partial charge in [0.1, 0.15) is 5.75 Å². The lowest BCUT2D eigenvalue weighted by atomic mass is 10.1. The van der Waals surface area contributed by atoms with Gasteiger partial charge in [-0.05, 0) is 49.6 Å². The number of aromatic hydroxyl groups is 1. The molecule has 0 aliphatic rings. The first-order chi connectivity index (χ1) is 7.82. The molecule has 1 aromatic rings. The molecule has 0 spiro atoms. The zero-order valence-corrected chi connectivity index (χ0v) is 11.9. The fourth-order valence-electron chi connectivity index (χ4n) is 1.24. The van der Waals surface area contributed by atoms with Gasteiger partial charge in [0.25, 0.3) is 0 Å². The Kier molecular flexibility index (Phi) is 4.53. The number of nitrogens with one attached hydrogen (secondary N) is 1. The molecule has 0 aliphatic heterocycles. The van der Waals surface area contributed by atoms with E-state index in [0.717, 1.165) is 0 Å². The van der Waals surface area contributed by atoms with Crippen LogP contribution in [0.15, 0.2) is 21.1 Å². The van der Waals surface area contributed by atoms with Crippen LogP contribution >= 0.6 is 31.9 Å². The molecule has 1 aromatic carbocycles. The second-order valence-electron chi connectivity index (χ2n) is 3.30. The topological polar surface area (TPSA) is 86.6 Å². The molecule has 0 heterocycles. The fourth-order valence-corrected chi connectivity index (χ4v) is 2.46. The normalized spacial score (nSPS) is 11.9. The molecule has 0 fully saturated rings. The molecule has 92 valence electrons. The highest BCUT2D eigenvalue weighted by Gasteiger charge is 2.22. The van der Waals surface area contributed by atoms with Crippen molar-refractivity contribution in [1.29, 1.82) is 0 Å². The van der Waals surface area contributed by atoms with Crippen LogP contribution in [0.4, 0.5) is 0 Å². The monoisotopic (exact) mass is 365 g/mol. The summed E-state index contributed by atoms with van der Waals surface area (Å²) in [6.45, 7) is 1.24. The van der Waals surface area contributed by atoms with Crippen LogP contribution in [-0.2, 0) is 9.59 Å². The average molecular weight is 367 g/mol. The number of phenols is 1. The van der Waals surface area contributed by atoms with Crippen LogP contribution in [0.1, 0.15) is 18.5 Å². The molecule has 1 rings (SSSR count). The van der Waals surface area contributed by atoms with Crippen molar-refractivity contribution in [2.75, 3.05) is 0 Å². The number of rotatable bonds is 3. The van der Waals surface area contributed by atoms with E-state index < -0.39 is 17.9 Å². The first-order valence-electron chi connectivity index (χ1n) is 4.50. The van der Waals surface area contributed by atoms with E-state index in [4.69, 9.17) is 5.11 Å². The smallest absolute Gasteiger partial charge is 0.330 e. The molecule has 17 heavy (non-hydrogen) atoms. The number of hydrogen-bond acceptors (Lipinski definition) is 3. The molecule has 0 aliphatic carbocycles. The van der Waals surface area contributed by atoms with Gasteiger partial charge in [-0.2, -0.15) is 0 Å². The van der Waals surface area contributed by atoms with Gasteiger partial charge in [-0.15, -0.1) is 0 Å². The van der Waals surface area contributed by atoms with Crippen molar-refractivity contribution in [3.05, 3.63) is 26.6 Å². The summed E-state index contributed by atoms with van der Waals surface area (Å²) in [5.74, 6) is -1.65. The molecule has 0 aromatic heterocycles. The number of carboxylic acids is 1. The number of halogens is 2. The Labute approximate surface area is 114 Å². The third kappa shape index (κ3) is 3.44. The maximum Gasteiger partial charge on any atom is 0.330 e. The number of carboxylic acid groups (broad SMARTS) is 1. The molecule has 1 amide bonds. The number of aliphatic carboxylic acids is 1. The van der Waals surface area contributed by atoms with Crippen LogP contribution in [0.5, 0.6) is 5.75 Å². The molecule has 7 heteroatoms. The Balaban J connectivity index is 3.19. The summed E-state index contributed by atoms with van der Waals surface area (Å²) in [6, 6.07) is 1.73. The Morgan fingerprint density at radius 3 is 2.12 bits per heavy atom. The van der Waals surface area contributed by atoms with Crippen LogP contribution in [0, 0.1) is 0 Å². The second-order valence-corrected chi connectivity index (χ2v) is 5.01. The van der Waals surface area contributed by atoms with E-state index in [-0.39, 0.29) is 5.75 Å². The Bertz CT molecular complexity index is 452. The van der Waals surface area contributed by atoms with Crippen molar-refractivity contribution < 1.29 is 19.8 Å². The van der Waals surface area contributed by atoms with Gasteiger partial charge in [-0.1, -0.05) is 0 Å². The quantitative estimate of drug-likeness (QED) is 0.765. The van der Waals surface area contributed by atoms with Crippen molar-refractivity contribution in [3.8, 4) is 5.75 Å². The van der Waals surface area contributed by atoms with Crippen LogP contribution in [0.25, 0.3) is 0 Å². The number of hydrogen-bond donors (Lipinski definition) is 3. The summed E-state index contributed by atoms with van der Waals surface area (Å²) in [7, 11) is 0. The van der Waals surface area contributed by atoms with Gasteiger partial charge < -0.3 is 15.5 Å². The lowest BCUT2D eigenvalue weighted by molar-refractivity contribution is -0.141. The number of amides is 1. The van der Waals surface area contributed by atoms with Gasteiger partial charge in [0, 0.05) is 6.92 Å². The van der Waals surface area contributed by atoms with E-state index in [0.29, 0.717) is 14.5 Å². The first-order valence-corrected chi connectivity index (χ1v) is 6.09. The van der Waals surface area contributed by atoms with E-state index >= 15 is 0 Å².